The van der Waals surface area contributed by atoms with Crippen LogP contribution in [0.4, 0.5) is 20.2 Å². The minimum absolute atomic E-state index is 0.0443. The minimum Gasteiger partial charge on any atom is -0.477 e. The first kappa shape index (κ1) is 17.3. The van der Waals surface area contributed by atoms with Crippen molar-refractivity contribution >= 4 is 17.3 Å². The highest BCUT2D eigenvalue weighted by atomic mass is 19.2. The first-order chi connectivity index (χ1) is 11.4. The van der Waals surface area contributed by atoms with Crippen LogP contribution in [0.25, 0.3) is 0 Å². The maximum Gasteiger partial charge on any atom is 0.310 e. The molecule has 0 saturated carbocycles. The Morgan fingerprint density at radius 3 is 2.54 bits per heavy atom. The fraction of sp³-hybridized carbons (Fsp3) is 0.188. The van der Waals surface area contributed by atoms with Gasteiger partial charge in [0.1, 0.15) is 0 Å². The zero-order valence-electron chi connectivity index (χ0n) is 12.7. The predicted octanol–water partition coefficient (Wildman–Crippen LogP) is 3.30. The highest BCUT2D eigenvalue weighted by molar-refractivity contribution is 5.94. The average Bonchev–Trinajstić information content (AvgIpc) is 2.57. The SMILES string of the molecule is CCN(C(=O)COc1ccccc1[N+](=O)[O-])c1ccc(F)c(F)c1. The fourth-order valence-electron chi connectivity index (χ4n) is 2.10. The summed E-state index contributed by atoms with van der Waals surface area (Å²) in [5.74, 6) is -2.67. The molecule has 2 aromatic rings. The molecule has 0 spiro atoms. The lowest BCUT2D eigenvalue weighted by atomic mass is 10.2. The Kier molecular flexibility index (Phi) is 5.41. The van der Waals surface area contributed by atoms with E-state index in [1.165, 1.54) is 29.2 Å². The molecule has 0 aliphatic rings. The molecule has 0 fully saturated rings. The van der Waals surface area contributed by atoms with Gasteiger partial charge in [0.05, 0.1) is 4.92 Å². The van der Waals surface area contributed by atoms with E-state index in [-0.39, 0.29) is 23.7 Å². The molecule has 0 atom stereocenters. The number of halogens is 2. The second kappa shape index (κ2) is 7.49. The number of hydrogen-bond donors (Lipinski definition) is 0. The Bertz CT molecular complexity index is 767. The third-order valence-corrected chi connectivity index (χ3v) is 3.25. The molecule has 0 bridgehead atoms. The van der Waals surface area contributed by atoms with Crippen LogP contribution in [-0.2, 0) is 4.79 Å². The highest BCUT2D eigenvalue weighted by Crippen LogP contribution is 2.26. The number of carbonyl (C=O) groups is 1. The Morgan fingerprint density at radius 1 is 1.21 bits per heavy atom. The number of hydrogen-bond acceptors (Lipinski definition) is 4. The number of rotatable bonds is 6. The number of benzene rings is 2. The molecule has 0 aromatic heterocycles. The highest BCUT2D eigenvalue weighted by Gasteiger charge is 2.19. The van der Waals surface area contributed by atoms with Crippen LogP contribution in [0.3, 0.4) is 0 Å². The van der Waals surface area contributed by atoms with Gasteiger partial charge >= 0.3 is 5.69 Å². The second-order valence-electron chi connectivity index (χ2n) is 4.75. The molecule has 1 amide bonds. The Hall–Kier alpha value is -3.03. The predicted molar refractivity (Wildman–Crippen MR) is 83.0 cm³/mol. The average molecular weight is 336 g/mol. The number of likely N-dealkylation sites (N-methyl/N-ethyl adjacent to an activating group) is 1. The van der Waals surface area contributed by atoms with Gasteiger partial charge in [0.25, 0.3) is 5.91 Å². The number of carbonyl (C=O) groups excluding carboxylic acids is 1. The number of nitrogens with zero attached hydrogens (tertiary/aromatic N) is 2. The Labute approximate surface area is 136 Å². The lowest BCUT2D eigenvalue weighted by Gasteiger charge is -2.21. The van der Waals surface area contributed by atoms with E-state index in [1.807, 2.05) is 0 Å². The van der Waals surface area contributed by atoms with Gasteiger partial charge in [-0.1, -0.05) is 12.1 Å². The second-order valence-corrected chi connectivity index (χ2v) is 4.75. The number of nitro benzene ring substituents is 1. The largest absolute Gasteiger partial charge is 0.477 e. The van der Waals surface area contributed by atoms with Crippen LogP contribution < -0.4 is 9.64 Å². The quantitative estimate of drug-likeness (QED) is 0.599. The number of amides is 1. The summed E-state index contributed by atoms with van der Waals surface area (Å²) >= 11 is 0. The molecular formula is C16H14F2N2O4. The van der Waals surface area contributed by atoms with Gasteiger partial charge in [-0.15, -0.1) is 0 Å². The molecule has 0 saturated heterocycles. The van der Waals surface area contributed by atoms with Gasteiger partial charge < -0.3 is 9.64 Å². The molecular weight excluding hydrogens is 322 g/mol. The molecule has 0 N–H and O–H groups in total. The smallest absolute Gasteiger partial charge is 0.310 e. The van der Waals surface area contributed by atoms with Crippen molar-refractivity contribution in [2.45, 2.75) is 6.92 Å². The van der Waals surface area contributed by atoms with Crippen LogP contribution in [0, 0.1) is 21.7 Å². The maximum atomic E-state index is 13.3. The van der Waals surface area contributed by atoms with Gasteiger partial charge in [-0.2, -0.15) is 0 Å². The maximum absolute atomic E-state index is 13.3. The van der Waals surface area contributed by atoms with Crippen LogP contribution >= 0.6 is 0 Å². The molecule has 126 valence electrons. The monoisotopic (exact) mass is 336 g/mol. The van der Waals surface area contributed by atoms with Gasteiger partial charge in [-0.3, -0.25) is 14.9 Å². The van der Waals surface area contributed by atoms with Crippen molar-refractivity contribution in [3.8, 4) is 5.75 Å². The first-order valence-electron chi connectivity index (χ1n) is 7.05. The van der Waals surface area contributed by atoms with E-state index >= 15 is 0 Å². The van der Waals surface area contributed by atoms with E-state index in [1.54, 1.807) is 13.0 Å². The van der Waals surface area contributed by atoms with Crippen LogP contribution in [0.5, 0.6) is 5.75 Å². The topological polar surface area (TPSA) is 72.7 Å². The minimum atomic E-state index is -1.07. The number of para-hydroxylation sites is 2. The van der Waals surface area contributed by atoms with Gasteiger partial charge in [0, 0.05) is 24.4 Å². The van der Waals surface area contributed by atoms with Gasteiger partial charge in [-0.25, -0.2) is 8.78 Å². The summed E-state index contributed by atoms with van der Waals surface area (Å²) in [4.78, 5) is 23.7. The molecule has 0 aliphatic carbocycles. The summed E-state index contributed by atoms with van der Waals surface area (Å²) in [5, 5.41) is 10.9. The summed E-state index contributed by atoms with van der Waals surface area (Å²) in [5.41, 5.74) is -0.0891. The standard InChI is InChI=1S/C16H14F2N2O4/c1-2-19(11-7-8-12(17)13(18)9-11)16(21)10-24-15-6-4-3-5-14(15)20(22)23/h3-9H,2,10H2,1H3. The Balaban J connectivity index is 2.13. The molecule has 0 heterocycles. The van der Waals surface area contributed by atoms with E-state index < -0.39 is 29.1 Å². The molecule has 0 aliphatic heterocycles. The summed E-state index contributed by atoms with van der Waals surface area (Å²) in [6, 6.07) is 8.74. The summed E-state index contributed by atoms with van der Waals surface area (Å²) < 4.78 is 31.5. The van der Waals surface area contributed by atoms with E-state index in [0.717, 1.165) is 12.1 Å². The molecule has 0 radical (unpaired) electrons. The third kappa shape index (κ3) is 3.83. The molecule has 6 nitrogen and oxygen atoms in total. The van der Waals surface area contributed by atoms with E-state index in [2.05, 4.69) is 0 Å². The van der Waals surface area contributed by atoms with E-state index in [4.69, 9.17) is 4.74 Å². The van der Waals surface area contributed by atoms with Crippen LogP contribution in [-0.4, -0.2) is 24.0 Å². The van der Waals surface area contributed by atoms with Gasteiger partial charge in [-0.05, 0) is 25.1 Å². The van der Waals surface area contributed by atoms with Crippen molar-refractivity contribution in [1.82, 2.24) is 0 Å². The zero-order valence-corrected chi connectivity index (χ0v) is 12.7. The molecule has 2 rings (SSSR count). The van der Waals surface area contributed by atoms with Crippen LogP contribution in [0.1, 0.15) is 6.92 Å². The normalized spacial score (nSPS) is 10.3. The van der Waals surface area contributed by atoms with Crippen molar-refractivity contribution in [3.63, 3.8) is 0 Å². The molecule has 8 heteroatoms. The lowest BCUT2D eigenvalue weighted by molar-refractivity contribution is -0.385. The lowest BCUT2D eigenvalue weighted by Crippen LogP contribution is -2.35. The number of anilines is 1. The molecule has 24 heavy (non-hydrogen) atoms. The van der Waals surface area contributed by atoms with Crippen molar-refractivity contribution in [3.05, 3.63) is 64.2 Å². The number of ether oxygens (including phenoxy) is 1. The van der Waals surface area contributed by atoms with Gasteiger partial charge in [0.15, 0.2) is 24.0 Å². The summed E-state index contributed by atoms with van der Waals surface area (Å²) in [7, 11) is 0. The molecule has 2 aromatic carbocycles. The zero-order chi connectivity index (χ0) is 17.7. The fourth-order valence-corrected chi connectivity index (χ4v) is 2.10. The van der Waals surface area contributed by atoms with Crippen molar-refractivity contribution < 1.29 is 23.2 Å². The van der Waals surface area contributed by atoms with E-state index in [9.17, 15) is 23.7 Å². The van der Waals surface area contributed by atoms with Crippen LogP contribution in [0.15, 0.2) is 42.5 Å². The summed E-state index contributed by atoms with van der Waals surface area (Å²) in [6.45, 7) is 1.38. The van der Waals surface area contributed by atoms with E-state index in [0.29, 0.717) is 0 Å². The van der Waals surface area contributed by atoms with Crippen molar-refractivity contribution in [2.75, 3.05) is 18.1 Å². The third-order valence-electron chi connectivity index (χ3n) is 3.25. The number of nitro groups is 1. The van der Waals surface area contributed by atoms with Crippen molar-refractivity contribution in [1.29, 1.82) is 0 Å². The first-order valence-corrected chi connectivity index (χ1v) is 7.05. The van der Waals surface area contributed by atoms with Crippen LogP contribution in [0.2, 0.25) is 0 Å². The summed E-state index contributed by atoms with van der Waals surface area (Å²) in [6.07, 6.45) is 0. The molecule has 0 unspecified atom stereocenters. The van der Waals surface area contributed by atoms with Gasteiger partial charge in [0.2, 0.25) is 0 Å². The van der Waals surface area contributed by atoms with Crippen molar-refractivity contribution in [2.24, 2.45) is 0 Å². The Morgan fingerprint density at radius 2 is 1.92 bits per heavy atom.